The minimum atomic E-state index is -3.34. The second kappa shape index (κ2) is 4.40. The van der Waals surface area contributed by atoms with E-state index in [1.165, 1.54) is 0 Å². The van der Waals surface area contributed by atoms with E-state index in [4.69, 9.17) is 5.14 Å². The Balaban J connectivity index is 2.16. The molecule has 0 saturated heterocycles. The third-order valence-electron chi connectivity index (χ3n) is 1.54. The first-order valence-corrected chi connectivity index (χ1v) is 5.63. The molecule has 0 atom stereocenters. The Morgan fingerprint density at radius 2 is 2.31 bits per heavy atom. The molecule has 1 aromatic heterocycles. The largest absolute Gasteiger partial charge is 0.364 e. The van der Waals surface area contributed by atoms with Gasteiger partial charge in [-0.1, -0.05) is 0 Å². The molecule has 5 nitrogen and oxygen atoms in total. The molecular weight excluding hydrogens is 190 g/mol. The van der Waals surface area contributed by atoms with Crippen LogP contribution in [0.2, 0.25) is 0 Å². The Morgan fingerprint density at radius 1 is 1.54 bits per heavy atom. The first-order valence-electron chi connectivity index (χ1n) is 3.91. The van der Waals surface area contributed by atoms with Crippen LogP contribution in [0.3, 0.4) is 0 Å². The minimum absolute atomic E-state index is 0.0340. The first kappa shape index (κ1) is 10.2. The van der Waals surface area contributed by atoms with Crippen LogP contribution in [0.15, 0.2) is 18.3 Å². The van der Waals surface area contributed by atoms with Crippen molar-refractivity contribution in [1.29, 1.82) is 0 Å². The van der Waals surface area contributed by atoms with Crippen LogP contribution < -0.4 is 10.5 Å². The topological polar surface area (TPSA) is 88.0 Å². The van der Waals surface area contributed by atoms with Gasteiger partial charge in [0.05, 0.1) is 5.75 Å². The number of sulfonamides is 1. The summed E-state index contributed by atoms with van der Waals surface area (Å²) in [5.41, 5.74) is 1.02. The second-order valence-corrected chi connectivity index (χ2v) is 4.47. The number of hydrogen-bond donors (Lipinski definition) is 3. The van der Waals surface area contributed by atoms with Gasteiger partial charge in [-0.25, -0.2) is 13.6 Å². The van der Waals surface area contributed by atoms with Crippen molar-refractivity contribution in [2.75, 3.05) is 12.3 Å². The number of aromatic amines is 1. The number of hydrogen-bond acceptors (Lipinski definition) is 3. The predicted molar refractivity (Wildman–Crippen MR) is 50.5 cm³/mol. The number of H-pyrrole nitrogens is 1. The fraction of sp³-hybridized carbons (Fsp3) is 0.429. The highest BCUT2D eigenvalue weighted by atomic mass is 32.2. The molecule has 74 valence electrons. The molecule has 6 heteroatoms. The van der Waals surface area contributed by atoms with E-state index in [2.05, 4.69) is 10.3 Å². The van der Waals surface area contributed by atoms with Crippen LogP contribution in [0, 0.1) is 0 Å². The first-order chi connectivity index (χ1) is 6.08. The van der Waals surface area contributed by atoms with Gasteiger partial charge in [0.25, 0.3) is 0 Å². The Kier molecular flexibility index (Phi) is 3.47. The van der Waals surface area contributed by atoms with E-state index in [1.807, 2.05) is 18.3 Å². The van der Waals surface area contributed by atoms with Crippen LogP contribution in [0.4, 0.5) is 0 Å². The van der Waals surface area contributed by atoms with Crippen LogP contribution in [0.25, 0.3) is 0 Å². The van der Waals surface area contributed by atoms with Gasteiger partial charge in [-0.3, -0.25) is 0 Å². The zero-order valence-corrected chi connectivity index (χ0v) is 7.97. The number of rotatable bonds is 5. The quantitative estimate of drug-likeness (QED) is 0.558. The molecule has 0 bridgehead atoms. The molecule has 0 fully saturated rings. The summed E-state index contributed by atoms with van der Waals surface area (Å²) in [4.78, 5) is 2.99. The van der Waals surface area contributed by atoms with Gasteiger partial charge >= 0.3 is 0 Å². The normalized spacial score (nSPS) is 11.8. The lowest BCUT2D eigenvalue weighted by molar-refractivity contribution is 0.592. The Labute approximate surface area is 77.4 Å². The van der Waals surface area contributed by atoms with Gasteiger partial charge in [-0.15, -0.1) is 0 Å². The van der Waals surface area contributed by atoms with Crippen LogP contribution in [0.5, 0.6) is 0 Å². The summed E-state index contributed by atoms with van der Waals surface area (Å²) in [6.45, 7) is 1.00. The average Bonchev–Trinajstić information content (AvgIpc) is 2.48. The summed E-state index contributed by atoms with van der Waals surface area (Å²) < 4.78 is 21.0. The van der Waals surface area contributed by atoms with Gasteiger partial charge in [0.2, 0.25) is 10.0 Å². The molecule has 0 aliphatic rings. The van der Waals surface area contributed by atoms with Crippen molar-refractivity contribution < 1.29 is 8.42 Å². The van der Waals surface area contributed by atoms with E-state index in [-0.39, 0.29) is 5.75 Å². The predicted octanol–water partition coefficient (Wildman–Crippen LogP) is -0.607. The van der Waals surface area contributed by atoms with Crippen LogP contribution in [-0.4, -0.2) is 25.7 Å². The third-order valence-corrected chi connectivity index (χ3v) is 2.31. The zero-order chi connectivity index (χ0) is 9.73. The molecule has 0 aromatic carbocycles. The van der Waals surface area contributed by atoms with Gasteiger partial charge < -0.3 is 10.3 Å². The van der Waals surface area contributed by atoms with Crippen LogP contribution in [-0.2, 0) is 16.6 Å². The number of primary sulfonamides is 1. The fourth-order valence-electron chi connectivity index (χ4n) is 0.915. The number of aromatic nitrogens is 1. The van der Waals surface area contributed by atoms with Gasteiger partial charge in [-0.05, 0) is 12.1 Å². The lowest BCUT2D eigenvalue weighted by atomic mass is 10.4. The standard InChI is InChI=1S/C7H13N3O2S/c8-13(11,12)5-4-9-6-7-2-1-3-10-7/h1-3,9-10H,4-6H2,(H2,8,11,12). The maximum atomic E-state index is 10.5. The molecule has 1 heterocycles. The smallest absolute Gasteiger partial charge is 0.210 e. The third kappa shape index (κ3) is 4.66. The lowest BCUT2D eigenvalue weighted by Crippen LogP contribution is -2.26. The van der Waals surface area contributed by atoms with E-state index in [0.29, 0.717) is 13.1 Å². The maximum Gasteiger partial charge on any atom is 0.210 e. The van der Waals surface area contributed by atoms with Crippen LogP contribution in [0.1, 0.15) is 5.69 Å². The highest BCUT2D eigenvalue weighted by Crippen LogP contribution is 1.92. The second-order valence-electron chi connectivity index (χ2n) is 2.74. The molecule has 0 aliphatic heterocycles. The average molecular weight is 203 g/mol. The monoisotopic (exact) mass is 203 g/mol. The Morgan fingerprint density at radius 3 is 2.85 bits per heavy atom. The molecule has 1 rings (SSSR count). The summed E-state index contributed by atoms with van der Waals surface area (Å²) >= 11 is 0. The molecule has 0 spiro atoms. The van der Waals surface area contributed by atoms with Crippen molar-refractivity contribution in [3.8, 4) is 0 Å². The summed E-state index contributed by atoms with van der Waals surface area (Å²) in [5.74, 6) is -0.0340. The van der Waals surface area contributed by atoms with E-state index in [9.17, 15) is 8.42 Å². The van der Waals surface area contributed by atoms with Gasteiger partial charge in [0.15, 0.2) is 0 Å². The molecule has 0 aliphatic carbocycles. The van der Waals surface area contributed by atoms with Crippen molar-refractivity contribution in [3.63, 3.8) is 0 Å². The molecule has 13 heavy (non-hydrogen) atoms. The lowest BCUT2D eigenvalue weighted by Gasteiger charge is -2.01. The Bertz CT molecular complexity index is 331. The molecule has 0 unspecified atom stereocenters. The zero-order valence-electron chi connectivity index (χ0n) is 7.16. The van der Waals surface area contributed by atoms with Crippen molar-refractivity contribution in [2.24, 2.45) is 5.14 Å². The van der Waals surface area contributed by atoms with Gasteiger partial charge in [0, 0.05) is 25.0 Å². The molecule has 0 saturated carbocycles. The molecule has 0 amide bonds. The van der Waals surface area contributed by atoms with Crippen molar-refractivity contribution in [3.05, 3.63) is 24.0 Å². The molecular formula is C7H13N3O2S. The van der Waals surface area contributed by atoms with E-state index < -0.39 is 10.0 Å². The fourth-order valence-corrected chi connectivity index (χ4v) is 1.34. The van der Waals surface area contributed by atoms with Crippen molar-refractivity contribution >= 4 is 10.0 Å². The summed E-state index contributed by atoms with van der Waals surface area (Å²) in [5, 5.41) is 7.77. The highest BCUT2D eigenvalue weighted by Gasteiger charge is 2.00. The SMILES string of the molecule is NS(=O)(=O)CCNCc1ccc[nH]1. The van der Waals surface area contributed by atoms with E-state index in [1.54, 1.807) is 0 Å². The van der Waals surface area contributed by atoms with E-state index >= 15 is 0 Å². The maximum absolute atomic E-state index is 10.5. The molecule has 0 radical (unpaired) electrons. The van der Waals surface area contributed by atoms with E-state index in [0.717, 1.165) is 5.69 Å². The van der Waals surface area contributed by atoms with Gasteiger partial charge in [0.1, 0.15) is 0 Å². The van der Waals surface area contributed by atoms with Gasteiger partial charge in [-0.2, -0.15) is 0 Å². The number of nitrogens with two attached hydrogens (primary N) is 1. The Hall–Kier alpha value is -0.850. The molecule has 1 aromatic rings. The highest BCUT2D eigenvalue weighted by molar-refractivity contribution is 7.89. The minimum Gasteiger partial charge on any atom is -0.364 e. The van der Waals surface area contributed by atoms with Crippen LogP contribution >= 0.6 is 0 Å². The van der Waals surface area contributed by atoms with Crippen molar-refractivity contribution in [1.82, 2.24) is 10.3 Å². The summed E-state index contributed by atoms with van der Waals surface area (Å²) in [6.07, 6.45) is 1.82. The molecule has 4 N–H and O–H groups in total. The van der Waals surface area contributed by atoms with Crippen molar-refractivity contribution in [2.45, 2.75) is 6.54 Å². The summed E-state index contributed by atoms with van der Waals surface area (Å²) in [7, 11) is -3.34. The number of nitrogens with one attached hydrogen (secondary N) is 2. The summed E-state index contributed by atoms with van der Waals surface area (Å²) in [6, 6.07) is 3.81.